The van der Waals surface area contributed by atoms with Crippen molar-refractivity contribution in [1.82, 2.24) is 15.5 Å². The molecule has 2 N–H and O–H groups in total. The van der Waals surface area contributed by atoms with Crippen LogP contribution in [0.25, 0.3) is 0 Å². The van der Waals surface area contributed by atoms with Gasteiger partial charge >= 0.3 is 6.09 Å². The Balaban J connectivity index is 1.75. The zero-order valence-electron chi connectivity index (χ0n) is 21.2. The van der Waals surface area contributed by atoms with Gasteiger partial charge in [-0.15, -0.1) is 0 Å². The van der Waals surface area contributed by atoms with Gasteiger partial charge in [0.05, 0.1) is 29.6 Å². The lowest BCUT2D eigenvalue weighted by atomic mass is 9.86. The van der Waals surface area contributed by atoms with E-state index in [9.17, 15) is 9.59 Å². The topological polar surface area (TPSA) is 86.3 Å². The number of hydrogen-bond acceptors (Lipinski definition) is 7. The zero-order valence-corrected chi connectivity index (χ0v) is 22.0. The Hall–Kier alpha value is -3.56. The number of rotatable bonds is 7. The third-order valence-corrected chi connectivity index (χ3v) is 7.33. The molecule has 0 radical (unpaired) electrons. The molecule has 8 nitrogen and oxygen atoms in total. The van der Waals surface area contributed by atoms with Crippen LogP contribution in [-0.2, 0) is 16.1 Å². The van der Waals surface area contributed by atoms with Crippen LogP contribution in [0.15, 0.2) is 81.0 Å². The second-order valence-corrected chi connectivity index (χ2v) is 10.2. The molecule has 0 saturated carbocycles. The number of methoxy groups -OCH3 is 1. The average molecular weight is 506 g/mol. The van der Waals surface area contributed by atoms with Crippen molar-refractivity contribution in [2.45, 2.75) is 17.0 Å². The molecular formula is C27H31N5O3S. The smallest absolute Gasteiger partial charge is 0.406 e. The predicted molar refractivity (Wildman–Crippen MR) is 145 cm³/mol. The van der Waals surface area contributed by atoms with Gasteiger partial charge in [-0.05, 0) is 50.0 Å². The highest BCUT2D eigenvalue weighted by molar-refractivity contribution is 8.04. The molecule has 9 heteroatoms. The van der Waals surface area contributed by atoms with E-state index in [4.69, 9.17) is 9.73 Å². The molecule has 0 spiro atoms. The van der Waals surface area contributed by atoms with Crippen molar-refractivity contribution in [3.63, 3.8) is 0 Å². The van der Waals surface area contributed by atoms with Crippen molar-refractivity contribution >= 4 is 40.8 Å². The number of nitrogens with one attached hydrogen (secondary N) is 2. The van der Waals surface area contributed by atoms with Crippen molar-refractivity contribution in [3.8, 4) is 0 Å². The monoisotopic (exact) mass is 505 g/mol. The summed E-state index contributed by atoms with van der Waals surface area (Å²) in [5.41, 5.74) is 3.24. The summed E-state index contributed by atoms with van der Waals surface area (Å²) in [7, 11) is 9.16. The number of carbonyl (C=O) groups excluding carboxylic acids is 2. The van der Waals surface area contributed by atoms with Gasteiger partial charge in [0.2, 0.25) is 0 Å². The van der Waals surface area contributed by atoms with Gasteiger partial charge in [0.15, 0.2) is 0 Å². The lowest BCUT2D eigenvalue weighted by Crippen LogP contribution is -2.52. The highest BCUT2D eigenvalue weighted by Crippen LogP contribution is 2.46. The lowest BCUT2D eigenvalue weighted by Gasteiger charge is -2.39. The van der Waals surface area contributed by atoms with E-state index >= 15 is 0 Å². The first-order valence-corrected chi connectivity index (χ1v) is 12.4. The molecule has 2 aromatic rings. The van der Waals surface area contributed by atoms with Gasteiger partial charge in [-0.25, -0.2) is 9.79 Å². The van der Waals surface area contributed by atoms with Crippen LogP contribution >= 0.6 is 11.8 Å². The first kappa shape index (κ1) is 25.5. The summed E-state index contributed by atoms with van der Waals surface area (Å²) in [6.45, 7) is 0.624. The lowest BCUT2D eigenvalue weighted by molar-refractivity contribution is -0.117. The summed E-state index contributed by atoms with van der Waals surface area (Å²) in [6.07, 6.45) is 3.41. The summed E-state index contributed by atoms with van der Waals surface area (Å²) in [5.74, 6) is -0.221. The summed E-state index contributed by atoms with van der Waals surface area (Å²) in [6, 6.07) is 15.9. The molecule has 2 amide bonds. The normalized spacial score (nSPS) is 18.2. The number of anilines is 1. The number of likely N-dealkylation sites (N-methyl/N-ethyl adjacent to an activating group) is 1. The number of hydrogen-bond donors (Lipinski definition) is 2. The zero-order chi connectivity index (χ0) is 25.9. The Morgan fingerprint density at radius 3 is 2.44 bits per heavy atom. The standard InChI is InChI=1S/C27H31N5O3S/c1-31(2)19-11-12-21-22(13-19)36-23-15-27(32(3)4,17-29-26(34)35-5)14-20(24(23)30-21)25(33)28-16-18-9-7-6-8-10-18/h6-15H,16-17H2,1-5H3,(H,28,33)(H,29,34). The molecule has 1 heterocycles. The van der Waals surface area contributed by atoms with Crippen LogP contribution in [0.2, 0.25) is 0 Å². The van der Waals surface area contributed by atoms with Gasteiger partial charge < -0.3 is 20.3 Å². The van der Waals surface area contributed by atoms with E-state index in [-0.39, 0.29) is 12.5 Å². The van der Waals surface area contributed by atoms with E-state index in [1.165, 1.54) is 7.11 Å². The van der Waals surface area contributed by atoms with Gasteiger partial charge in [-0.2, -0.15) is 0 Å². The van der Waals surface area contributed by atoms with Crippen LogP contribution in [0.5, 0.6) is 0 Å². The SMILES string of the molecule is COC(=O)NCC1(N(C)C)C=C2Sc3cc(N(C)C)ccc3N=C2C(C(=O)NCc2ccccc2)=C1. The largest absolute Gasteiger partial charge is 0.453 e. The molecule has 2 aromatic carbocycles. The van der Waals surface area contributed by atoms with E-state index in [1.807, 2.05) is 86.5 Å². The first-order chi connectivity index (χ1) is 17.2. The minimum atomic E-state index is -0.758. The molecule has 1 unspecified atom stereocenters. The molecule has 0 saturated heterocycles. The van der Waals surface area contributed by atoms with Crippen molar-refractivity contribution in [1.29, 1.82) is 0 Å². The van der Waals surface area contributed by atoms with E-state index in [0.717, 1.165) is 26.7 Å². The van der Waals surface area contributed by atoms with Crippen LogP contribution in [0.1, 0.15) is 5.56 Å². The van der Waals surface area contributed by atoms with E-state index in [0.29, 0.717) is 17.8 Å². The number of nitrogens with zero attached hydrogens (tertiary/aromatic N) is 3. The van der Waals surface area contributed by atoms with Gasteiger partial charge in [0, 0.05) is 42.7 Å². The Morgan fingerprint density at radius 1 is 1.03 bits per heavy atom. The van der Waals surface area contributed by atoms with E-state index < -0.39 is 11.6 Å². The minimum Gasteiger partial charge on any atom is -0.453 e. The van der Waals surface area contributed by atoms with E-state index in [2.05, 4.69) is 22.8 Å². The third kappa shape index (κ3) is 5.32. The maximum absolute atomic E-state index is 13.6. The number of carbonyl (C=O) groups is 2. The first-order valence-electron chi connectivity index (χ1n) is 11.6. The molecule has 2 aliphatic rings. The average Bonchev–Trinajstić information content (AvgIpc) is 2.88. The van der Waals surface area contributed by atoms with Gasteiger partial charge in [-0.3, -0.25) is 9.69 Å². The molecule has 1 aliphatic heterocycles. The molecule has 1 atom stereocenters. The van der Waals surface area contributed by atoms with Crippen LogP contribution < -0.4 is 15.5 Å². The number of amides is 2. The minimum absolute atomic E-state index is 0.221. The Bertz CT molecular complexity index is 1250. The van der Waals surface area contributed by atoms with Crippen molar-refractivity contribution in [3.05, 3.63) is 76.7 Å². The summed E-state index contributed by atoms with van der Waals surface area (Å²) in [4.78, 5) is 36.3. The van der Waals surface area contributed by atoms with Gasteiger partial charge in [0.1, 0.15) is 0 Å². The van der Waals surface area contributed by atoms with Gasteiger partial charge in [0.25, 0.3) is 5.91 Å². The summed E-state index contributed by atoms with van der Waals surface area (Å²) in [5, 5.41) is 5.84. The van der Waals surface area contributed by atoms with Crippen LogP contribution in [0.3, 0.4) is 0 Å². The molecule has 36 heavy (non-hydrogen) atoms. The van der Waals surface area contributed by atoms with Crippen LogP contribution in [0, 0.1) is 0 Å². The van der Waals surface area contributed by atoms with Crippen molar-refractivity contribution in [2.75, 3.05) is 46.7 Å². The number of benzene rings is 2. The maximum atomic E-state index is 13.6. The number of ether oxygens (including phenoxy) is 1. The fourth-order valence-electron chi connectivity index (χ4n) is 4.03. The van der Waals surface area contributed by atoms with Crippen LogP contribution in [-0.4, -0.2) is 70.0 Å². The summed E-state index contributed by atoms with van der Waals surface area (Å²) >= 11 is 1.58. The highest BCUT2D eigenvalue weighted by Gasteiger charge is 2.39. The third-order valence-electron chi connectivity index (χ3n) is 6.25. The molecule has 4 rings (SSSR count). The molecule has 1 aliphatic carbocycles. The highest BCUT2D eigenvalue weighted by atomic mass is 32.2. The number of thioether (sulfide) groups is 1. The maximum Gasteiger partial charge on any atom is 0.406 e. The molecule has 188 valence electrons. The fourth-order valence-corrected chi connectivity index (χ4v) is 5.18. The molecule has 0 aromatic heterocycles. The molecule has 0 fully saturated rings. The second kappa shape index (κ2) is 10.6. The number of aliphatic imine (C=N–C) groups is 1. The number of fused-ring (bicyclic) bond motifs is 2. The second-order valence-electron chi connectivity index (χ2n) is 9.07. The van der Waals surface area contributed by atoms with E-state index in [1.54, 1.807) is 11.8 Å². The van der Waals surface area contributed by atoms with Crippen molar-refractivity contribution in [2.24, 2.45) is 4.99 Å². The Morgan fingerprint density at radius 2 is 1.78 bits per heavy atom. The number of alkyl carbamates (subject to hydrolysis) is 1. The van der Waals surface area contributed by atoms with Crippen molar-refractivity contribution < 1.29 is 14.3 Å². The quantitative estimate of drug-likeness (QED) is 0.597. The Kier molecular flexibility index (Phi) is 7.51. The van der Waals surface area contributed by atoms with Gasteiger partial charge in [-0.1, -0.05) is 42.1 Å². The Labute approximate surface area is 216 Å². The molecule has 0 bridgehead atoms. The van der Waals surface area contributed by atoms with Crippen LogP contribution in [0.4, 0.5) is 16.2 Å². The summed E-state index contributed by atoms with van der Waals surface area (Å²) < 4.78 is 4.79. The number of allylic oxidation sites excluding steroid dienone is 1. The fraction of sp³-hybridized carbons (Fsp3) is 0.296. The predicted octanol–water partition coefficient (Wildman–Crippen LogP) is 3.73. The molecular weight excluding hydrogens is 474 g/mol.